The normalized spacial score (nSPS) is 11.5. The Morgan fingerprint density at radius 2 is 1.78 bits per heavy atom. The molecule has 0 N–H and O–H groups in total. The fourth-order valence-corrected chi connectivity index (χ4v) is 2.24. The average Bonchev–Trinajstić information content (AvgIpc) is 2.59. The molecule has 0 saturated heterocycles. The fraction of sp³-hybridized carbons (Fsp3) is 0.263. The van der Waals surface area contributed by atoms with Gasteiger partial charge in [0.25, 0.3) is 0 Å². The minimum absolute atomic E-state index is 0.114. The van der Waals surface area contributed by atoms with Gasteiger partial charge in [0.05, 0.1) is 12.5 Å². The summed E-state index contributed by atoms with van der Waals surface area (Å²) in [4.78, 5) is 22.7. The molecule has 0 aromatic heterocycles. The molecular weight excluding hydrogens is 292 g/mol. The predicted molar refractivity (Wildman–Crippen MR) is 87.3 cm³/mol. The van der Waals surface area contributed by atoms with Crippen LogP contribution in [-0.4, -0.2) is 18.9 Å². The Bertz CT molecular complexity index is 620. The van der Waals surface area contributed by atoms with Crippen LogP contribution in [0.4, 0.5) is 0 Å². The third-order valence-electron chi connectivity index (χ3n) is 3.43. The molecule has 2 aromatic carbocycles. The van der Waals surface area contributed by atoms with Crippen LogP contribution in [-0.2, 0) is 20.9 Å². The molecule has 0 spiro atoms. The second-order valence-electron chi connectivity index (χ2n) is 5.05. The Labute approximate surface area is 136 Å². The highest BCUT2D eigenvalue weighted by Gasteiger charge is 2.21. The third-order valence-corrected chi connectivity index (χ3v) is 3.43. The summed E-state index contributed by atoms with van der Waals surface area (Å²) < 4.78 is 10.7. The van der Waals surface area contributed by atoms with Crippen molar-refractivity contribution in [3.05, 3.63) is 65.7 Å². The molecule has 23 heavy (non-hydrogen) atoms. The molecule has 0 saturated carbocycles. The van der Waals surface area contributed by atoms with Crippen LogP contribution in [0.25, 0.3) is 0 Å². The highest BCUT2D eigenvalue weighted by Crippen LogP contribution is 2.23. The molecule has 0 aliphatic carbocycles. The molecule has 0 radical (unpaired) electrons. The number of esters is 1. The molecule has 0 bridgehead atoms. The van der Waals surface area contributed by atoms with Gasteiger partial charge in [0.15, 0.2) is 0 Å². The predicted octanol–water partition coefficient (Wildman–Crippen LogP) is 3.50. The molecule has 1 unspecified atom stereocenters. The van der Waals surface area contributed by atoms with E-state index < -0.39 is 5.92 Å². The van der Waals surface area contributed by atoms with Gasteiger partial charge in [-0.25, -0.2) is 0 Å². The van der Waals surface area contributed by atoms with E-state index in [1.54, 1.807) is 31.2 Å². The minimum Gasteiger partial charge on any atom is -0.489 e. The van der Waals surface area contributed by atoms with Crippen molar-refractivity contribution in [2.75, 3.05) is 6.61 Å². The monoisotopic (exact) mass is 312 g/mol. The number of rotatable bonds is 8. The Hall–Kier alpha value is -2.62. The lowest BCUT2D eigenvalue weighted by molar-refractivity contribution is -0.145. The van der Waals surface area contributed by atoms with E-state index in [2.05, 4.69) is 0 Å². The Balaban J connectivity index is 2.02. The van der Waals surface area contributed by atoms with Gasteiger partial charge < -0.3 is 14.3 Å². The Kier molecular flexibility index (Phi) is 6.36. The topological polar surface area (TPSA) is 52.6 Å². The molecule has 0 heterocycles. The van der Waals surface area contributed by atoms with E-state index in [0.29, 0.717) is 19.0 Å². The van der Waals surface area contributed by atoms with E-state index in [1.165, 1.54) is 0 Å². The molecule has 0 fully saturated rings. The highest BCUT2D eigenvalue weighted by atomic mass is 16.5. The van der Waals surface area contributed by atoms with Crippen LogP contribution in [0.1, 0.15) is 30.4 Å². The summed E-state index contributed by atoms with van der Waals surface area (Å²) in [6.45, 7) is 2.53. The molecule has 0 amide bonds. The second kappa shape index (κ2) is 8.73. The van der Waals surface area contributed by atoms with Gasteiger partial charge in [-0.05, 0) is 30.2 Å². The zero-order valence-electron chi connectivity index (χ0n) is 13.1. The molecule has 1 atom stereocenters. The van der Waals surface area contributed by atoms with Crippen molar-refractivity contribution in [2.45, 2.75) is 25.9 Å². The molecule has 2 rings (SSSR count). The van der Waals surface area contributed by atoms with Gasteiger partial charge in [-0.15, -0.1) is 0 Å². The van der Waals surface area contributed by atoms with Gasteiger partial charge >= 0.3 is 5.97 Å². The molecule has 0 aliphatic heterocycles. The summed E-state index contributed by atoms with van der Waals surface area (Å²) >= 11 is 0. The zero-order valence-corrected chi connectivity index (χ0v) is 13.1. The molecular formula is C19H20O4. The lowest BCUT2D eigenvalue weighted by Gasteiger charge is -2.14. The Morgan fingerprint density at radius 3 is 2.39 bits per heavy atom. The summed E-state index contributed by atoms with van der Waals surface area (Å²) in [6, 6.07) is 17.1. The van der Waals surface area contributed by atoms with E-state index in [-0.39, 0.29) is 12.4 Å². The number of carbonyl (C=O) groups excluding carboxylic acids is 2. The van der Waals surface area contributed by atoms with Gasteiger partial charge in [-0.3, -0.25) is 4.79 Å². The van der Waals surface area contributed by atoms with Crippen LogP contribution in [0.3, 0.4) is 0 Å². The smallest absolute Gasteiger partial charge is 0.313 e. The first kappa shape index (κ1) is 16.7. The maximum atomic E-state index is 11.9. The highest BCUT2D eigenvalue weighted by molar-refractivity contribution is 5.81. The van der Waals surface area contributed by atoms with Crippen LogP contribution in [0.5, 0.6) is 5.75 Å². The maximum absolute atomic E-state index is 11.9. The van der Waals surface area contributed by atoms with Crippen LogP contribution in [0.15, 0.2) is 54.6 Å². The summed E-state index contributed by atoms with van der Waals surface area (Å²) in [7, 11) is 0. The van der Waals surface area contributed by atoms with Crippen LogP contribution >= 0.6 is 0 Å². The van der Waals surface area contributed by atoms with Crippen LogP contribution in [0.2, 0.25) is 0 Å². The SMILES string of the molecule is CCOC(=O)C(CC=O)c1ccc(OCc2ccccc2)cc1. The van der Waals surface area contributed by atoms with Crippen molar-refractivity contribution in [3.63, 3.8) is 0 Å². The van der Waals surface area contributed by atoms with Gasteiger partial charge in [0, 0.05) is 6.42 Å². The van der Waals surface area contributed by atoms with Crippen molar-refractivity contribution in [2.24, 2.45) is 0 Å². The van der Waals surface area contributed by atoms with Gasteiger partial charge in [-0.2, -0.15) is 0 Å². The van der Waals surface area contributed by atoms with E-state index in [4.69, 9.17) is 9.47 Å². The van der Waals surface area contributed by atoms with E-state index in [1.807, 2.05) is 30.3 Å². The first-order chi connectivity index (χ1) is 11.2. The van der Waals surface area contributed by atoms with Crippen molar-refractivity contribution >= 4 is 12.3 Å². The summed E-state index contributed by atoms with van der Waals surface area (Å²) in [5.74, 6) is -0.223. The number of ether oxygens (including phenoxy) is 2. The van der Waals surface area contributed by atoms with E-state index >= 15 is 0 Å². The van der Waals surface area contributed by atoms with E-state index in [0.717, 1.165) is 17.4 Å². The summed E-state index contributed by atoms with van der Waals surface area (Å²) in [6.07, 6.45) is 0.852. The first-order valence-corrected chi connectivity index (χ1v) is 7.61. The second-order valence-corrected chi connectivity index (χ2v) is 5.05. The number of aldehydes is 1. The van der Waals surface area contributed by atoms with Crippen molar-refractivity contribution in [1.29, 1.82) is 0 Å². The zero-order chi connectivity index (χ0) is 16.5. The third kappa shape index (κ3) is 4.95. The maximum Gasteiger partial charge on any atom is 0.313 e. The van der Waals surface area contributed by atoms with E-state index in [9.17, 15) is 9.59 Å². The summed E-state index contributed by atoms with van der Waals surface area (Å²) in [5.41, 5.74) is 1.84. The number of hydrogen-bond acceptors (Lipinski definition) is 4. The fourth-order valence-electron chi connectivity index (χ4n) is 2.24. The summed E-state index contributed by atoms with van der Waals surface area (Å²) in [5, 5.41) is 0. The molecule has 4 nitrogen and oxygen atoms in total. The average molecular weight is 312 g/mol. The lowest BCUT2D eigenvalue weighted by Crippen LogP contribution is -2.16. The number of benzene rings is 2. The largest absolute Gasteiger partial charge is 0.489 e. The first-order valence-electron chi connectivity index (χ1n) is 7.61. The molecule has 0 aliphatic rings. The number of carbonyl (C=O) groups is 2. The van der Waals surface area contributed by atoms with Crippen molar-refractivity contribution in [3.8, 4) is 5.75 Å². The van der Waals surface area contributed by atoms with Crippen molar-refractivity contribution < 1.29 is 19.1 Å². The quantitative estimate of drug-likeness (QED) is 0.553. The molecule has 4 heteroatoms. The van der Waals surface area contributed by atoms with Crippen molar-refractivity contribution in [1.82, 2.24) is 0 Å². The molecule has 2 aromatic rings. The lowest BCUT2D eigenvalue weighted by atomic mass is 9.96. The van der Waals surface area contributed by atoms with Crippen LogP contribution in [0, 0.1) is 0 Å². The van der Waals surface area contributed by atoms with Gasteiger partial charge in [0.1, 0.15) is 18.6 Å². The van der Waals surface area contributed by atoms with Gasteiger partial charge in [-0.1, -0.05) is 42.5 Å². The van der Waals surface area contributed by atoms with Gasteiger partial charge in [0.2, 0.25) is 0 Å². The minimum atomic E-state index is -0.560. The number of hydrogen-bond donors (Lipinski definition) is 0. The molecule has 120 valence electrons. The van der Waals surface area contributed by atoms with Crippen LogP contribution < -0.4 is 4.74 Å². The standard InChI is InChI=1S/C19H20O4/c1-2-22-19(21)18(12-13-20)16-8-10-17(11-9-16)23-14-15-6-4-3-5-7-15/h3-11,13,18H,2,12,14H2,1H3. The Morgan fingerprint density at radius 1 is 1.09 bits per heavy atom.